The summed E-state index contributed by atoms with van der Waals surface area (Å²) in [5.74, 6) is -0.184. The third-order valence-electron chi connectivity index (χ3n) is 4.53. The van der Waals surface area contributed by atoms with Gasteiger partial charge in [0.05, 0.1) is 0 Å². The van der Waals surface area contributed by atoms with Crippen molar-refractivity contribution in [2.24, 2.45) is 0 Å². The fourth-order valence-corrected chi connectivity index (χ4v) is 3.16. The van der Waals surface area contributed by atoms with Crippen LogP contribution in [0.4, 0.5) is 5.69 Å². The van der Waals surface area contributed by atoms with Crippen LogP contribution >= 0.6 is 11.6 Å². The normalized spacial score (nSPS) is 15.1. The molecule has 0 bridgehead atoms. The molecule has 2 aromatic carbocycles. The molecule has 1 unspecified atom stereocenters. The van der Waals surface area contributed by atoms with Gasteiger partial charge in [-0.3, -0.25) is 4.79 Å². The second-order valence-corrected chi connectivity index (χ2v) is 6.96. The summed E-state index contributed by atoms with van der Waals surface area (Å²) in [5, 5.41) is 0.690. The van der Waals surface area contributed by atoms with E-state index in [2.05, 4.69) is 4.90 Å². The Bertz CT molecular complexity index is 807. The molecular weight excluding hydrogens is 380 g/mol. The van der Waals surface area contributed by atoms with E-state index in [0.717, 1.165) is 5.69 Å². The highest BCUT2D eigenvalue weighted by molar-refractivity contribution is 6.30. The van der Waals surface area contributed by atoms with Gasteiger partial charge in [-0.25, -0.2) is 4.79 Å². The minimum Gasteiger partial charge on any atom is -0.479 e. The molecule has 1 aliphatic rings. The third kappa shape index (κ3) is 5.39. The Morgan fingerprint density at radius 1 is 1.04 bits per heavy atom. The topological polar surface area (TPSA) is 59.1 Å². The Kier molecular flexibility index (Phi) is 6.76. The van der Waals surface area contributed by atoms with E-state index >= 15 is 0 Å². The van der Waals surface area contributed by atoms with Crippen molar-refractivity contribution in [3.63, 3.8) is 0 Å². The Morgan fingerprint density at radius 3 is 2.43 bits per heavy atom. The van der Waals surface area contributed by atoms with Gasteiger partial charge in [-0.2, -0.15) is 0 Å². The first kappa shape index (κ1) is 20.0. The molecule has 0 aliphatic carbocycles. The number of carbonyl (C=O) groups is 2. The number of anilines is 1. The highest BCUT2D eigenvalue weighted by Crippen LogP contribution is 2.20. The van der Waals surface area contributed by atoms with Crippen LogP contribution in [0, 0.1) is 0 Å². The number of hydrogen-bond acceptors (Lipinski definition) is 5. The highest BCUT2D eigenvalue weighted by Gasteiger charge is 2.24. The van der Waals surface area contributed by atoms with Crippen LogP contribution in [-0.2, 0) is 14.3 Å². The van der Waals surface area contributed by atoms with E-state index in [1.54, 1.807) is 24.0 Å². The van der Waals surface area contributed by atoms with Gasteiger partial charge in [0.25, 0.3) is 5.91 Å². The van der Waals surface area contributed by atoms with Crippen LogP contribution in [0.5, 0.6) is 5.75 Å². The molecule has 0 saturated carbocycles. The van der Waals surface area contributed by atoms with Gasteiger partial charge in [0.15, 0.2) is 12.7 Å². The fourth-order valence-electron chi connectivity index (χ4n) is 2.98. The van der Waals surface area contributed by atoms with E-state index in [0.29, 0.717) is 37.0 Å². The molecule has 0 spiro atoms. The van der Waals surface area contributed by atoms with Crippen LogP contribution < -0.4 is 9.64 Å². The van der Waals surface area contributed by atoms with Crippen LogP contribution in [0.1, 0.15) is 6.92 Å². The number of para-hydroxylation sites is 1. The first-order valence-corrected chi connectivity index (χ1v) is 9.57. The number of hydrogen-bond donors (Lipinski definition) is 0. The van der Waals surface area contributed by atoms with Crippen molar-refractivity contribution in [1.29, 1.82) is 0 Å². The summed E-state index contributed by atoms with van der Waals surface area (Å²) in [5.41, 5.74) is 1.04. The summed E-state index contributed by atoms with van der Waals surface area (Å²) in [7, 11) is 0. The van der Waals surface area contributed by atoms with Gasteiger partial charge in [-0.05, 0) is 37.3 Å². The zero-order valence-electron chi connectivity index (χ0n) is 15.7. The predicted octanol–water partition coefficient (Wildman–Crippen LogP) is 3.00. The van der Waals surface area contributed by atoms with E-state index in [4.69, 9.17) is 21.1 Å². The van der Waals surface area contributed by atoms with E-state index in [1.165, 1.54) is 0 Å². The van der Waals surface area contributed by atoms with Gasteiger partial charge in [0.2, 0.25) is 0 Å². The lowest BCUT2D eigenvalue weighted by Crippen LogP contribution is -2.50. The number of piperazine rings is 1. The van der Waals surface area contributed by atoms with E-state index < -0.39 is 12.1 Å². The third-order valence-corrected chi connectivity index (χ3v) is 4.77. The molecule has 28 heavy (non-hydrogen) atoms. The molecule has 0 N–H and O–H groups in total. The molecule has 148 valence electrons. The van der Waals surface area contributed by atoms with Gasteiger partial charge in [-0.1, -0.05) is 35.9 Å². The smallest absolute Gasteiger partial charge is 0.347 e. The summed E-state index contributed by atoms with van der Waals surface area (Å²) in [6.07, 6.45) is -0.783. The number of halogens is 1. The lowest BCUT2D eigenvalue weighted by molar-refractivity contribution is -0.157. The lowest BCUT2D eigenvalue weighted by atomic mass is 10.2. The van der Waals surface area contributed by atoms with Crippen molar-refractivity contribution >= 4 is 29.2 Å². The first-order valence-electron chi connectivity index (χ1n) is 9.19. The number of nitrogens with zero attached hydrogens (tertiary/aromatic N) is 2. The van der Waals surface area contributed by atoms with E-state index in [-0.39, 0.29) is 12.5 Å². The fraction of sp³-hybridized carbons (Fsp3) is 0.333. The largest absolute Gasteiger partial charge is 0.479 e. The van der Waals surface area contributed by atoms with Gasteiger partial charge in [0, 0.05) is 36.9 Å². The molecule has 0 radical (unpaired) electrons. The highest BCUT2D eigenvalue weighted by atomic mass is 35.5. The second kappa shape index (κ2) is 9.46. The monoisotopic (exact) mass is 402 g/mol. The minimum atomic E-state index is -0.783. The van der Waals surface area contributed by atoms with Crippen LogP contribution in [-0.4, -0.2) is 55.7 Å². The molecule has 6 nitrogen and oxygen atoms in total. The number of carbonyl (C=O) groups excluding carboxylic acids is 2. The summed E-state index contributed by atoms with van der Waals surface area (Å²) < 4.78 is 10.6. The van der Waals surface area contributed by atoms with Crippen LogP contribution in [0.15, 0.2) is 54.6 Å². The Hall–Kier alpha value is -2.73. The van der Waals surface area contributed by atoms with E-state index in [9.17, 15) is 9.59 Å². The standard InChI is InChI=1S/C21H23ClN2O4/c1-16(28-19-8-3-2-4-9-19)21(26)27-15-20(25)24-12-10-23(11-13-24)18-7-5-6-17(22)14-18/h2-9,14,16H,10-13,15H2,1H3. The molecule has 1 amide bonds. The van der Waals surface area contributed by atoms with Crippen molar-refractivity contribution in [3.05, 3.63) is 59.6 Å². The molecule has 1 heterocycles. The number of amides is 1. The van der Waals surface area contributed by atoms with E-state index in [1.807, 2.05) is 42.5 Å². The van der Waals surface area contributed by atoms with Gasteiger partial charge < -0.3 is 19.3 Å². The number of benzene rings is 2. The minimum absolute atomic E-state index is 0.203. The molecule has 3 rings (SSSR count). The first-order chi connectivity index (χ1) is 13.5. The quantitative estimate of drug-likeness (QED) is 0.695. The maximum Gasteiger partial charge on any atom is 0.347 e. The number of ether oxygens (including phenoxy) is 2. The average molecular weight is 403 g/mol. The Labute approximate surface area is 169 Å². The maximum absolute atomic E-state index is 12.3. The molecule has 1 saturated heterocycles. The summed E-state index contributed by atoms with van der Waals surface area (Å²) >= 11 is 6.04. The Morgan fingerprint density at radius 2 is 1.75 bits per heavy atom. The molecule has 7 heteroatoms. The molecule has 1 aliphatic heterocycles. The summed E-state index contributed by atoms with van der Waals surface area (Å²) in [6, 6.07) is 16.7. The van der Waals surface area contributed by atoms with Crippen molar-refractivity contribution < 1.29 is 19.1 Å². The molecule has 2 aromatic rings. The summed E-state index contributed by atoms with van der Waals surface area (Å²) in [4.78, 5) is 28.3. The van der Waals surface area contributed by atoms with Crippen LogP contribution in [0.25, 0.3) is 0 Å². The van der Waals surface area contributed by atoms with Crippen molar-refractivity contribution in [3.8, 4) is 5.75 Å². The zero-order chi connectivity index (χ0) is 19.9. The lowest BCUT2D eigenvalue weighted by Gasteiger charge is -2.36. The van der Waals surface area contributed by atoms with Crippen molar-refractivity contribution in [2.75, 3.05) is 37.7 Å². The summed E-state index contributed by atoms with van der Waals surface area (Å²) in [6.45, 7) is 3.86. The number of rotatable bonds is 6. The van der Waals surface area contributed by atoms with Crippen LogP contribution in [0.3, 0.4) is 0 Å². The maximum atomic E-state index is 12.3. The van der Waals surface area contributed by atoms with Gasteiger partial charge in [0.1, 0.15) is 5.75 Å². The zero-order valence-corrected chi connectivity index (χ0v) is 16.5. The molecular formula is C21H23ClN2O4. The average Bonchev–Trinajstić information content (AvgIpc) is 2.72. The molecule has 1 fully saturated rings. The number of esters is 1. The van der Waals surface area contributed by atoms with Crippen molar-refractivity contribution in [2.45, 2.75) is 13.0 Å². The Balaban J connectivity index is 1.42. The van der Waals surface area contributed by atoms with Gasteiger partial charge in [-0.15, -0.1) is 0 Å². The predicted molar refractivity (Wildman–Crippen MR) is 108 cm³/mol. The SMILES string of the molecule is CC(Oc1ccccc1)C(=O)OCC(=O)N1CCN(c2cccc(Cl)c2)CC1. The van der Waals surface area contributed by atoms with Crippen LogP contribution in [0.2, 0.25) is 5.02 Å². The molecule has 1 atom stereocenters. The second-order valence-electron chi connectivity index (χ2n) is 6.53. The van der Waals surface area contributed by atoms with Crippen molar-refractivity contribution in [1.82, 2.24) is 4.90 Å². The van der Waals surface area contributed by atoms with Gasteiger partial charge >= 0.3 is 5.97 Å². The molecule has 0 aromatic heterocycles.